The maximum atomic E-state index is 12.6. The summed E-state index contributed by atoms with van der Waals surface area (Å²) in [6.07, 6.45) is 1.99. The van der Waals surface area contributed by atoms with Gasteiger partial charge in [-0.1, -0.05) is 6.07 Å². The van der Waals surface area contributed by atoms with E-state index in [1.165, 1.54) is 0 Å². The third-order valence-corrected chi connectivity index (χ3v) is 4.22. The summed E-state index contributed by atoms with van der Waals surface area (Å²) in [7, 11) is 1.99. The Labute approximate surface area is 126 Å². The van der Waals surface area contributed by atoms with Gasteiger partial charge in [0.25, 0.3) is 5.91 Å². The van der Waals surface area contributed by atoms with E-state index in [2.05, 4.69) is 5.18 Å². The van der Waals surface area contributed by atoms with Gasteiger partial charge >= 0.3 is 0 Å². The van der Waals surface area contributed by atoms with Gasteiger partial charge in [-0.25, -0.2) is 0 Å². The van der Waals surface area contributed by atoms with Crippen LogP contribution in [0.3, 0.4) is 0 Å². The zero-order valence-electron chi connectivity index (χ0n) is 12.0. The van der Waals surface area contributed by atoms with Crippen LogP contribution < -0.4 is 4.90 Å². The molecular weight excluding hydrogens is 278 g/mol. The minimum atomic E-state index is -0.0872. The van der Waals surface area contributed by atoms with E-state index < -0.39 is 0 Å². The van der Waals surface area contributed by atoms with Crippen molar-refractivity contribution < 1.29 is 4.79 Å². The first-order valence-electron chi connectivity index (χ1n) is 7.01. The second-order valence-electron chi connectivity index (χ2n) is 5.46. The van der Waals surface area contributed by atoms with E-state index in [0.29, 0.717) is 23.4 Å². The fourth-order valence-electron chi connectivity index (χ4n) is 3.05. The Kier molecular flexibility index (Phi) is 2.63. The van der Waals surface area contributed by atoms with E-state index in [4.69, 9.17) is 0 Å². The van der Waals surface area contributed by atoms with Crippen molar-refractivity contribution in [2.75, 3.05) is 4.90 Å². The number of nitroso groups, excluding NO2 is 1. The Morgan fingerprint density at radius 1 is 1.14 bits per heavy atom. The smallest absolute Gasteiger partial charge is 0.259 e. The molecule has 5 heteroatoms. The third kappa shape index (κ3) is 1.69. The number of aromatic nitrogens is 1. The van der Waals surface area contributed by atoms with Gasteiger partial charge in [-0.3, -0.25) is 4.79 Å². The second-order valence-corrected chi connectivity index (χ2v) is 5.46. The van der Waals surface area contributed by atoms with Gasteiger partial charge < -0.3 is 9.47 Å². The van der Waals surface area contributed by atoms with Crippen LogP contribution in [0.2, 0.25) is 0 Å². The Hall–Kier alpha value is -2.95. The molecule has 1 aliphatic heterocycles. The Morgan fingerprint density at radius 2 is 2.00 bits per heavy atom. The van der Waals surface area contributed by atoms with Crippen molar-refractivity contribution in [1.29, 1.82) is 0 Å². The number of aryl methyl sites for hydroxylation is 1. The largest absolute Gasteiger partial charge is 0.351 e. The van der Waals surface area contributed by atoms with E-state index >= 15 is 0 Å². The second kappa shape index (κ2) is 4.53. The van der Waals surface area contributed by atoms with Gasteiger partial charge in [-0.2, -0.15) is 0 Å². The van der Waals surface area contributed by atoms with E-state index in [0.717, 1.165) is 16.6 Å². The number of nitrogens with zero attached hydrogens (tertiary/aromatic N) is 3. The normalized spacial score (nSPS) is 13.7. The molecule has 108 valence electrons. The minimum Gasteiger partial charge on any atom is -0.351 e. The molecule has 0 N–H and O–H groups in total. The van der Waals surface area contributed by atoms with Gasteiger partial charge in [0.2, 0.25) is 0 Å². The highest BCUT2D eigenvalue weighted by Gasteiger charge is 2.30. The standard InChI is InChI=1S/C17H13N3O2/c1-19-8-7-11-9-12(5-6-16(11)19)20-10-14-13(17(20)21)3-2-4-15(14)18-22/h2-9H,10H2,1H3. The lowest BCUT2D eigenvalue weighted by atomic mass is 10.1. The summed E-state index contributed by atoms with van der Waals surface area (Å²) in [5.74, 6) is -0.0872. The molecule has 4 rings (SSSR count). The number of amides is 1. The molecule has 0 bridgehead atoms. The maximum absolute atomic E-state index is 12.6. The van der Waals surface area contributed by atoms with Crippen LogP contribution in [-0.2, 0) is 13.6 Å². The van der Waals surface area contributed by atoms with Crippen LogP contribution in [0.4, 0.5) is 11.4 Å². The number of rotatable bonds is 2. The van der Waals surface area contributed by atoms with Crippen molar-refractivity contribution in [3.05, 3.63) is 64.7 Å². The first-order valence-corrected chi connectivity index (χ1v) is 7.01. The molecule has 1 aliphatic rings. The monoisotopic (exact) mass is 291 g/mol. The summed E-state index contributed by atoms with van der Waals surface area (Å²) in [5.41, 5.74) is 3.55. The summed E-state index contributed by atoms with van der Waals surface area (Å²) >= 11 is 0. The summed E-state index contributed by atoms with van der Waals surface area (Å²) in [5, 5.41) is 4.11. The SMILES string of the molecule is Cn1ccc2cc(N3Cc4c(N=O)cccc4C3=O)ccc21. The molecule has 1 aromatic heterocycles. The molecule has 0 atom stereocenters. The first kappa shape index (κ1) is 12.8. The molecule has 3 aromatic rings. The molecule has 0 saturated heterocycles. The van der Waals surface area contributed by atoms with E-state index in [1.807, 2.05) is 42.1 Å². The lowest BCUT2D eigenvalue weighted by molar-refractivity contribution is 0.0996. The average molecular weight is 291 g/mol. The molecule has 0 saturated carbocycles. The van der Waals surface area contributed by atoms with Crippen molar-refractivity contribution in [3.63, 3.8) is 0 Å². The van der Waals surface area contributed by atoms with Crippen LogP contribution in [0, 0.1) is 4.91 Å². The fourth-order valence-corrected chi connectivity index (χ4v) is 3.05. The third-order valence-electron chi connectivity index (χ3n) is 4.22. The van der Waals surface area contributed by atoms with Gasteiger partial charge in [-0.15, -0.1) is 4.91 Å². The van der Waals surface area contributed by atoms with E-state index in [-0.39, 0.29) is 5.91 Å². The Morgan fingerprint density at radius 3 is 2.82 bits per heavy atom. The predicted octanol–water partition coefficient (Wildman–Crippen LogP) is 3.74. The number of anilines is 1. The van der Waals surface area contributed by atoms with Crippen LogP contribution in [-0.4, -0.2) is 10.5 Å². The zero-order chi connectivity index (χ0) is 15.3. The zero-order valence-corrected chi connectivity index (χ0v) is 12.0. The number of hydrogen-bond donors (Lipinski definition) is 0. The Balaban J connectivity index is 1.80. The summed E-state index contributed by atoms with van der Waals surface area (Å²) in [6, 6.07) is 13.0. The molecule has 2 heterocycles. The molecule has 0 aliphatic carbocycles. The first-order chi connectivity index (χ1) is 10.7. The van der Waals surface area contributed by atoms with Gasteiger partial charge in [0.15, 0.2) is 0 Å². The molecule has 5 nitrogen and oxygen atoms in total. The number of hydrogen-bond acceptors (Lipinski definition) is 3. The van der Waals surface area contributed by atoms with Crippen LogP contribution >= 0.6 is 0 Å². The van der Waals surface area contributed by atoms with Crippen molar-refractivity contribution >= 4 is 28.2 Å². The number of benzene rings is 2. The average Bonchev–Trinajstić information content (AvgIpc) is 3.08. The van der Waals surface area contributed by atoms with Crippen LogP contribution in [0.25, 0.3) is 10.9 Å². The van der Waals surface area contributed by atoms with Gasteiger partial charge in [-0.05, 0) is 41.6 Å². The number of carbonyl (C=O) groups is 1. The molecule has 2 aromatic carbocycles. The maximum Gasteiger partial charge on any atom is 0.259 e. The molecule has 0 unspecified atom stereocenters. The van der Waals surface area contributed by atoms with Crippen molar-refractivity contribution in [3.8, 4) is 0 Å². The lowest BCUT2D eigenvalue weighted by Gasteiger charge is -2.16. The van der Waals surface area contributed by atoms with Gasteiger partial charge in [0.05, 0.1) is 6.54 Å². The van der Waals surface area contributed by atoms with Crippen LogP contribution in [0.1, 0.15) is 15.9 Å². The molecule has 22 heavy (non-hydrogen) atoms. The van der Waals surface area contributed by atoms with Crippen LogP contribution in [0.5, 0.6) is 0 Å². The fraction of sp³-hybridized carbons (Fsp3) is 0.118. The lowest BCUT2D eigenvalue weighted by Crippen LogP contribution is -2.22. The predicted molar refractivity (Wildman–Crippen MR) is 85.3 cm³/mol. The van der Waals surface area contributed by atoms with Crippen molar-refractivity contribution in [2.45, 2.75) is 6.54 Å². The summed E-state index contributed by atoms with van der Waals surface area (Å²) in [4.78, 5) is 25.2. The topological polar surface area (TPSA) is 54.7 Å². The van der Waals surface area contributed by atoms with Gasteiger partial charge in [0, 0.05) is 41.0 Å². The molecular formula is C17H13N3O2. The van der Waals surface area contributed by atoms with Crippen molar-refractivity contribution in [1.82, 2.24) is 4.57 Å². The summed E-state index contributed by atoms with van der Waals surface area (Å²) in [6.45, 7) is 0.383. The minimum absolute atomic E-state index is 0.0872. The van der Waals surface area contributed by atoms with Gasteiger partial charge in [0.1, 0.15) is 5.69 Å². The quantitative estimate of drug-likeness (QED) is 0.675. The molecule has 0 fully saturated rings. The molecule has 0 spiro atoms. The Bertz CT molecular complexity index is 927. The number of carbonyl (C=O) groups excluding carboxylic acids is 1. The van der Waals surface area contributed by atoms with E-state index in [1.54, 1.807) is 23.1 Å². The molecule has 0 radical (unpaired) electrons. The highest BCUT2D eigenvalue weighted by molar-refractivity contribution is 6.11. The van der Waals surface area contributed by atoms with Crippen molar-refractivity contribution in [2.24, 2.45) is 12.2 Å². The number of fused-ring (bicyclic) bond motifs is 2. The molecule has 1 amide bonds. The van der Waals surface area contributed by atoms with Crippen LogP contribution in [0.15, 0.2) is 53.8 Å². The highest BCUT2D eigenvalue weighted by Crippen LogP contribution is 2.35. The highest BCUT2D eigenvalue weighted by atomic mass is 16.3. The summed E-state index contributed by atoms with van der Waals surface area (Å²) < 4.78 is 2.04. The van der Waals surface area contributed by atoms with E-state index in [9.17, 15) is 9.70 Å².